The highest BCUT2D eigenvalue weighted by Gasteiger charge is 2.39. The van der Waals surface area contributed by atoms with Gasteiger partial charge in [0, 0.05) is 5.69 Å². The molecule has 0 fully saturated rings. The van der Waals surface area contributed by atoms with E-state index in [1.807, 2.05) is 12.1 Å². The summed E-state index contributed by atoms with van der Waals surface area (Å²) in [6.45, 7) is 0.642. The molecule has 0 heterocycles. The van der Waals surface area contributed by atoms with Gasteiger partial charge >= 0.3 is 13.8 Å². The lowest BCUT2D eigenvalue weighted by Gasteiger charge is -2.34. The van der Waals surface area contributed by atoms with E-state index in [0.717, 1.165) is 37.9 Å². The van der Waals surface area contributed by atoms with Crippen molar-refractivity contribution in [1.82, 2.24) is 0 Å². The van der Waals surface area contributed by atoms with Crippen LogP contribution in [-0.2, 0) is 18.4 Å². The molecule has 0 aliphatic carbocycles. The molecule has 0 aromatic heterocycles. The molecule has 11 heteroatoms. The maximum Gasteiger partial charge on any atom is 0.472 e. The smallest absolute Gasteiger partial charge is 0.472 e. The van der Waals surface area contributed by atoms with E-state index in [2.05, 4.69) is 0 Å². The SMILES string of the molecule is C[N+](C)(C)C(O)[C@@H](CC(=O)O)OP(=O)(O)OCCCCCCCCOc1ccc(N)cc1. The Morgan fingerprint density at radius 2 is 1.56 bits per heavy atom. The van der Waals surface area contributed by atoms with Gasteiger partial charge in [0.1, 0.15) is 5.75 Å². The third-order valence-electron chi connectivity index (χ3n) is 4.71. The van der Waals surface area contributed by atoms with Gasteiger partial charge < -0.3 is 30.1 Å². The van der Waals surface area contributed by atoms with Crippen LogP contribution in [-0.4, -0.2) is 72.2 Å². The van der Waals surface area contributed by atoms with Crippen LogP contribution in [0.4, 0.5) is 5.69 Å². The molecule has 0 radical (unpaired) electrons. The third kappa shape index (κ3) is 12.4. The van der Waals surface area contributed by atoms with Gasteiger partial charge in [0.2, 0.25) is 6.23 Å². The van der Waals surface area contributed by atoms with E-state index in [9.17, 15) is 19.4 Å². The number of ether oxygens (including phenoxy) is 1. The van der Waals surface area contributed by atoms with Crippen LogP contribution in [0.15, 0.2) is 24.3 Å². The Hall–Kier alpha value is -1.68. The van der Waals surface area contributed by atoms with Gasteiger partial charge in [-0.2, -0.15) is 0 Å². The van der Waals surface area contributed by atoms with Gasteiger partial charge in [0.15, 0.2) is 6.10 Å². The molecule has 5 N–H and O–H groups in total. The first-order chi connectivity index (χ1) is 14.9. The molecular weight excluding hydrogens is 439 g/mol. The lowest BCUT2D eigenvalue weighted by molar-refractivity contribution is -0.922. The summed E-state index contributed by atoms with van der Waals surface area (Å²) < 4.78 is 27.7. The van der Waals surface area contributed by atoms with Crippen LogP contribution in [0.2, 0.25) is 0 Å². The van der Waals surface area contributed by atoms with Crippen LogP contribution >= 0.6 is 7.82 Å². The number of aliphatic carboxylic acids is 1. The fraction of sp³-hybridized carbons (Fsp3) is 0.667. The Morgan fingerprint density at radius 3 is 2.09 bits per heavy atom. The molecular formula is C21H38N2O8P+. The number of anilines is 1. The molecule has 0 saturated carbocycles. The summed E-state index contributed by atoms with van der Waals surface area (Å²) >= 11 is 0. The molecule has 1 aromatic carbocycles. The molecule has 0 aliphatic heterocycles. The summed E-state index contributed by atoms with van der Waals surface area (Å²) in [5.41, 5.74) is 6.33. The minimum absolute atomic E-state index is 0.00822. The summed E-state index contributed by atoms with van der Waals surface area (Å²) in [4.78, 5) is 20.9. The van der Waals surface area contributed by atoms with Crippen molar-refractivity contribution in [2.24, 2.45) is 0 Å². The maximum absolute atomic E-state index is 12.2. The first kappa shape index (κ1) is 28.4. The van der Waals surface area contributed by atoms with E-state index < -0.39 is 32.5 Å². The molecule has 0 bridgehead atoms. The third-order valence-corrected chi connectivity index (χ3v) is 5.76. The minimum atomic E-state index is -4.49. The van der Waals surface area contributed by atoms with Crippen LogP contribution in [0.25, 0.3) is 0 Å². The number of hydrogen-bond acceptors (Lipinski definition) is 7. The zero-order chi connectivity index (χ0) is 24.2. The molecule has 0 spiro atoms. The first-order valence-electron chi connectivity index (χ1n) is 10.8. The zero-order valence-electron chi connectivity index (χ0n) is 19.2. The van der Waals surface area contributed by atoms with E-state index in [1.54, 1.807) is 33.3 Å². The van der Waals surface area contributed by atoms with Gasteiger partial charge in [-0.3, -0.25) is 13.8 Å². The van der Waals surface area contributed by atoms with Crippen molar-refractivity contribution in [3.8, 4) is 5.75 Å². The van der Waals surface area contributed by atoms with Crippen LogP contribution in [0.3, 0.4) is 0 Å². The minimum Gasteiger partial charge on any atom is -0.494 e. The van der Waals surface area contributed by atoms with Crippen molar-refractivity contribution < 1.29 is 42.7 Å². The van der Waals surface area contributed by atoms with Gasteiger partial charge in [0.05, 0.1) is 40.8 Å². The number of phosphoric ester groups is 1. The number of nitrogen functional groups attached to an aromatic ring is 1. The maximum atomic E-state index is 12.2. The van der Waals surface area contributed by atoms with E-state index in [1.165, 1.54) is 0 Å². The predicted molar refractivity (Wildman–Crippen MR) is 121 cm³/mol. The van der Waals surface area contributed by atoms with E-state index in [0.29, 0.717) is 18.7 Å². The number of aliphatic hydroxyl groups is 1. The Balaban J connectivity index is 2.18. The summed E-state index contributed by atoms with van der Waals surface area (Å²) in [7, 11) is 0.375. The van der Waals surface area contributed by atoms with Crippen molar-refractivity contribution in [2.45, 2.75) is 57.3 Å². The topological polar surface area (TPSA) is 149 Å². The van der Waals surface area contributed by atoms with Crippen molar-refractivity contribution in [3.63, 3.8) is 0 Å². The average Bonchev–Trinajstić information content (AvgIpc) is 2.68. The number of carbonyl (C=O) groups is 1. The quantitative estimate of drug-likeness (QED) is 0.0873. The molecule has 1 rings (SSSR count). The van der Waals surface area contributed by atoms with Crippen molar-refractivity contribution >= 4 is 19.5 Å². The number of nitrogens with zero attached hydrogens (tertiary/aromatic N) is 1. The highest BCUT2D eigenvalue weighted by Crippen LogP contribution is 2.46. The number of hydrogen-bond donors (Lipinski definition) is 4. The zero-order valence-corrected chi connectivity index (χ0v) is 20.1. The van der Waals surface area contributed by atoms with Crippen LogP contribution in [0, 0.1) is 0 Å². The van der Waals surface area contributed by atoms with Gasteiger partial charge in [-0.05, 0) is 37.1 Å². The molecule has 32 heavy (non-hydrogen) atoms. The fourth-order valence-electron chi connectivity index (χ4n) is 2.91. The number of phosphoric acid groups is 1. The Labute approximate surface area is 190 Å². The second kappa shape index (κ2) is 13.8. The van der Waals surface area contributed by atoms with Gasteiger partial charge in [0.25, 0.3) is 0 Å². The number of unbranched alkanes of at least 4 members (excludes halogenated alkanes) is 5. The summed E-state index contributed by atoms with van der Waals surface area (Å²) in [6, 6.07) is 7.27. The number of aliphatic hydroxyl groups excluding tert-OH is 1. The molecule has 10 nitrogen and oxygen atoms in total. The number of carboxylic acids is 1. The lowest BCUT2D eigenvalue weighted by Crippen LogP contribution is -2.52. The lowest BCUT2D eigenvalue weighted by atomic mass is 10.1. The molecule has 3 atom stereocenters. The number of quaternary nitrogens is 1. The molecule has 0 amide bonds. The van der Waals surface area contributed by atoms with E-state index >= 15 is 0 Å². The Kier molecular flexibility index (Phi) is 12.2. The summed E-state index contributed by atoms with van der Waals surface area (Å²) in [5.74, 6) is -0.451. The van der Waals surface area contributed by atoms with Gasteiger partial charge in [-0.25, -0.2) is 4.57 Å². The van der Waals surface area contributed by atoms with Crippen molar-refractivity contribution in [2.75, 3.05) is 40.1 Å². The number of benzene rings is 1. The van der Waals surface area contributed by atoms with Crippen molar-refractivity contribution in [3.05, 3.63) is 24.3 Å². The normalized spacial score (nSPS) is 15.7. The van der Waals surface area contributed by atoms with E-state index in [4.69, 9.17) is 24.6 Å². The first-order valence-corrected chi connectivity index (χ1v) is 12.3. The summed E-state index contributed by atoms with van der Waals surface area (Å²) in [6.07, 6.45) is 1.98. The number of nitrogens with two attached hydrogens (primary N) is 1. The molecule has 0 saturated heterocycles. The highest BCUT2D eigenvalue weighted by atomic mass is 31.2. The van der Waals surface area contributed by atoms with Crippen LogP contribution in [0.5, 0.6) is 5.75 Å². The second-order valence-corrected chi connectivity index (χ2v) is 10.0. The van der Waals surface area contributed by atoms with Gasteiger partial charge in [-0.15, -0.1) is 0 Å². The molecule has 2 unspecified atom stereocenters. The van der Waals surface area contributed by atoms with Crippen LogP contribution < -0.4 is 10.5 Å². The molecule has 1 aromatic rings. The summed E-state index contributed by atoms with van der Waals surface area (Å²) in [5, 5.41) is 19.2. The number of carboxylic acid groups (broad SMARTS) is 1. The molecule has 184 valence electrons. The number of likely N-dealkylation sites (N-methyl/N-ethyl adjacent to an activating group) is 1. The average molecular weight is 478 g/mol. The monoisotopic (exact) mass is 477 g/mol. The Morgan fingerprint density at radius 1 is 1.03 bits per heavy atom. The van der Waals surface area contributed by atoms with E-state index in [-0.39, 0.29) is 11.1 Å². The Bertz CT molecular complexity index is 724. The standard InChI is InChI=1S/C21H37N2O8P/c1-23(2,3)21(26)19(16-20(24)25)31-32(27,28)30-15-9-7-5-4-6-8-14-29-18-12-10-17(22)11-13-18/h10-13,19,21,26H,4-9,14-16,22H2,1-3H3,(H-,24,25,27,28)/p+1/t19-,21?/m1/s1. The fourth-order valence-corrected chi connectivity index (χ4v) is 3.86. The molecule has 0 aliphatic rings. The van der Waals surface area contributed by atoms with Gasteiger partial charge in [-0.1, -0.05) is 25.7 Å². The van der Waals surface area contributed by atoms with Crippen LogP contribution in [0.1, 0.15) is 44.9 Å². The number of rotatable bonds is 17. The second-order valence-electron chi connectivity index (χ2n) is 8.61. The van der Waals surface area contributed by atoms with Crippen molar-refractivity contribution in [1.29, 1.82) is 0 Å². The predicted octanol–water partition coefficient (Wildman–Crippen LogP) is 2.99. The highest BCUT2D eigenvalue weighted by molar-refractivity contribution is 7.47. The largest absolute Gasteiger partial charge is 0.494 e.